The highest BCUT2D eigenvalue weighted by atomic mass is 16.2. The fourth-order valence-corrected chi connectivity index (χ4v) is 3.03. The Kier molecular flexibility index (Phi) is 4.64. The predicted molar refractivity (Wildman–Crippen MR) is 83.3 cm³/mol. The van der Waals surface area contributed by atoms with Crippen molar-refractivity contribution in [3.05, 3.63) is 34.4 Å². The van der Waals surface area contributed by atoms with Crippen molar-refractivity contribution in [2.75, 3.05) is 0 Å². The van der Waals surface area contributed by atoms with Gasteiger partial charge in [-0.25, -0.2) is 0 Å². The number of amides is 3. The maximum absolute atomic E-state index is 12.5. The normalized spacial score (nSPS) is 20.3. The van der Waals surface area contributed by atoms with Crippen molar-refractivity contribution < 1.29 is 14.4 Å². The molecule has 0 aliphatic carbocycles. The van der Waals surface area contributed by atoms with Crippen molar-refractivity contribution >= 4 is 17.7 Å². The minimum atomic E-state index is -0.535. The lowest BCUT2D eigenvalue weighted by molar-refractivity contribution is -0.136. The molecular formula is C17H22N2O3. The van der Waals surface area contributed by atoms with Crippen molar-refractivity contribution in [3.63, 3.8) is 0 Å². The van der Waals surface area contributed by atoms with Gasteiger partial charge in [-0.3, -0.25) is 19.7 Å². The van der Waals surface area contributed by atoms with Crippen molar-refractivity contribution in [2.24, 2.45) is 0 Å². The second-order valence-corrected chi connectivity index (χ2v) is 5.51. The minimum absolute atomic E-state index is 0.110. The fraction of sp³-hybridized carbons (Fsp3) is 0.471. The second kappa shape index (κ2) is 6.30. The van der Waals surface area contributed by atoms with Gasteiger partial charge in [-0.1, -0.05) is 25.5 Å². The topological polar surface area (TPSA) is 66.5 Å². The first-order valence-electron chi connectivity index (χ1n) is 7.72. The lowest BCUT2D eigenvalue weighted by Gasteiger charge is -2.29. The zero-order valence-corrected chi connectivity index (χ0v) is 13.5. The molecule has 22 heavy (non-hydrogen) atoms. The predicted octanol–water partition coefficient (Wildman–Crippen LogP) is 2.09. The van der Waals surface area contributed by atoms with E-state index in [0.717, 1.165) is 16.7 Å². The molecule has 2 aliphatic heterocycles. The Hall–Kier alpha value is -2.17. The van der Waals surface area contributed by atoms with Crippen LogP contribution < -0.4 is 5.32 Å². The fourth-order valence-electron chi connectivity index (χ4n) is 3.03. The van der Waals surface area contributed by atoms with E-state index in [2.05, 4.69) is 5.32 Å². The molecule has 0 saturated carbocycles. The number of carbonyl (C=O) groups is 3. The Morgan fingerprint density at radius 2 is 1.82 bits per heavy atom. The first-order chi connectivity index (χ1) is 10.5. The van der Waals surface area contributed by atoms with Gasteiger partial charge < -0.3 is 4.90 Å². The van der Waals surface area contributed by atoms with Gasteiger partial charge in [-0.2, -0.15) is 0 Å². The molecule has 5 heteroatoms. The monoisotopic (exact) mass is 302 g/mol. The van der Waals surface area contributed by atoms with Crippen molar-refractivity contribution in [3.8, 4) is 0 Å². The summed E-state index contributed by atoms with van der Waals surface area (Å²) >= 11 is 0. The molecule has 1 aromatic rings. The third-order valence-corrected chi connectivity index (χ3v) is 4.02. The largest absolute Gasteiger partial charge is 0.322 e. The van der Waals surface area contributed by atoms with Crippen LogP contribution in [-0.4, -0.2) is 28.7 Å². The van der Waals surface area contributed by atoms with Crippen LogP contribution >= 0.6 is 0 Å². The zero-order valence-electron chi connectivity index (χ0n) is 13.5. The number of fused-ring (bicyclic) bond motifs is 1. The molecule has 1 saturated heterocycles. The van der Waals surface area contributed by atoms with Crippen LogP contribution in [0.4, 0.5) is 0 Å². The summed E-state index contributed by atoms with van der Waals surface area (Å²) in [5.41, 5.74) is 3.79. The number of nitrogens with one attached hydrogen (secondary N) is 1. The number of hydrogen-bond acceptors (Lipinski definition) is 3. The summed E-state index contributed by atoms with van der Waals surface area (Å²) in [5, 5.41) is 2.31. The molecular weight excluding hydrogens is 280 g/mol. The summed E-state index contributed by atoms with van der Waals surface area (Å²) in [4.78, 5) is 37.2. The van der Waals surface area contributed by atoms with Crippen LogP contribution in [0, 0.1) is 13.8 Å². The molecule has 1 fully saturated rings. The van der Waals surface area contributed by atoms with Crippen molar-refractivity contribution in [1.82, 2.24) is 10.2 Å². The maximum Gasteiger partial charge on any atom is 0.255 e. The molecule has 0 spiro atoms. The molecule has 5 nitrogen and oxygen atoms in total. The van der Waals surface area contributed by atoms with E-state index in [0.29, 0.717) is 18.5 Å². The molecule has 2 heterocycles. The number of piperidine rings is 1. The van der Waals surface area contributed by atoms with Gasteiger partial charge in [0.1, 0.15) is 6.04 Å². The van der Waals surface area contributed by atoms with Crippen LogP contribution in [0.15, 0.2) is 12.1 Å². The Balaban J connectivity index is 0.000000847. The van der Waals surface area contributed by atoms with E-state index >= 15 is 0 Å². The van der Waals surface area contributed by atoms with Gasteiger partial charge >= 0.3 is 0 Å². The van der Waals surface area contributed by atoms with E-state index < -0.39 is 6.04 Å². The highest BCUT2D eigenvalue weighted by molar-refractivity contribution is 6.05. The quantitative estimate of drug-likeness (QED) is 0.808. The summed E-state index contributed by atoms with van der Waals surface area (Å²) in [6, 6.07) is 3.38. The molecule has 2 aliphatic rings. The van der Waals surface area contributed by atoms with Gasteiger partial charge in [0, 0.05) is 18.5 Å². The van der Waals surface area contributed by atoms with Crippen LogP contribution in [0.2, 0.25) is 0 Å². The van der Waals surface area contributed by atoms with Crippen molar-refractivity contribution in [2.45, 2.75) is 53.1 Å². The Morgan fingerprint density at radius 3 is 2.45 bits per heavy atom. The minimum Gasteiger partial charge on any atom is -0.322 e. The zero-order chi connectivity index (χ0) is 16.4. The Labute approximate surface area is 130 Å². The molecule has 3 rings (SSSR count). The molecule has 1 N–H and O–H groups in total. The number of carbonyl (C=O) groups excluding carboxylic acids is 3. The van der Waals surface area contributed by atoms with Crippen LogP contribution in [-0.2, 0) is 16.1 Å². The lowest BCUT2D eigenvalue weighted by atomic mass is 10.0. The number of hydrogen-bond donors (Lipinski definition) is 1. The number of benzene rings is 1. The second-order valence-electron chi connectivity index (χ2n) is 5.51. The smallest absolute Gasteiger partial charge is 0.255 e. The average Bonchev–Trinajstić information content (AvgIpc) is 2.79. The van der Waals surface area contributed by atoms with Crippen LogP contribution in [0.1, 0.15) is 53.7 Å². The van der Waals surface area contributed by atoms with Crippen LogP contribution in [0.25, 0.3) is 0 Å². The highest BCUT2D eigenvalue weighted by Gasteiger charge is 2.39. The molecule has 0 bridgehead atoms. The molecule has 0 radical (unpaired) electrons. The number of nitrogens with zero attached hydrogens (tertiary/aromatic N) is 1. The summed E-state index contributed by atoms with van der Waals surface area (Å²) in [5.74, 6) is -0.736. The van der Waals surface area contributed by atoms with Crippen molar-refractivity contribution in [1.29, 1.82) is 0 Å². The standard InChI is InChI=1S/C15H16N2O3.C2H6/c1-8-5-9(2)11-7-17(15(20)10(11)6-8)12-3-4-13(18)16-14(12)19;1-2/h5-6,12H,3-4,7H2,1-2H3,(H,16,18,19);1-2H3. The van der Waals surface area contributed by atoms with E-state index in [4.69, 9.17) is 0 Å². The van der Waals surface area contributed by atoms with Gasteiger partial charge in [-0.15, -0.1) is 0 Å². The maximum atomic E-state index is 12.5. The van der Waals surface area contributed by atoms with E-state index in [9.17, 15) is 14.4 Å². The molecule has 1 unspecified atom stereocenters. The average molecular weight is 302 g/mol. The van der Waals surface area contributed by atoms with E-state index in [1.54, 1.807) is 4.90 Å². The summed E-state index contributed by atoms with van der Waals surface area (Å²) < 4.78 is 0. The number of imide groups is 1. The summed E-state index contributed by atoms with van der Waals surface area (Å²) in [6.45, 7) is 8.38. The first kappa shape index (κ1) is 16.2. The number of rotatable bonds is 1. The van der Waals surface area contributed by atoms with E-state index in [-0.39, 0.29) is 24.1 Å². The molecule has 3 amide bonds. The van der Waals surface area contributed by atoms with E-state index in [1.165, 1.54) is 0 Å². The van der Waals surface area contributed by atoms with Gasteiger partial charge in [0.05, 0.1) is 0 Å². The summed E-state index contributed by atoms with van der Waals surface area (Å²) in [6.07, 6.45) is 0.691. The molecule has 1 aromatic carbocycles. The van der Waals surface area contributed by atoms with Crippen LogP contribution in [0.3, 0.4) is 0 Å². The molecule has 118 valence electrons. The molecule has 1 atom stereocenters. The van der Waals surface area contributed by atoms with Crippen LogP contribution in [0.5, 0.6) is 0 Å². The third-order valence-electron chi connectivity index (χ3n) is 4.02. The van der Waals surface area contributed by atoms with Gasteiger partial charge in [0.15, 0.2) is 0 Å². The SMILES string of the molecule is CC.Cc1cc(C)c2c(c1)C(=O)N(C1CCC(=O)NC1=O)C2. The Bertz CT molecular complexity index is 637. The van der Waals surface area contributed by atoms with Gasteiger partial charge in [0.25, 0.3) is 5.91 Å². The number of aryl methyl sites for hydroxylation is 2. The lowest BCUT2D eigenvalue weighted by Crippen LogP contribution is -2.52. The third kappa shape index (κ3) is 2.75. The summed E-state index contributed by atoms with van der Waals surface area (Å²) in [7, 11) is 0. The van der Waals surface area contributed by atoms with E-state index in [1.807, 2.05) is 39.8 Å². The van der Waals surface area contributed by atoms with Gasteiger partial charge in [-0.05, 0) is 37.5 Å². The Morgan fingerprint density at radius 1 is 1.14 bits per heavy atom. The first-order valence-corrected chi connectivity index (χ1v) is 7.72. The van der Waals surface area contributed by atoms with Gasteiger partial charge in [0.2, 0.25) is 11.8 Å². The highest BCUT2D eigenvalue weighted by Crippen LogP contribution is 2.30. The molecule has 0 aromatic heterocycles.